The monoisotopic (exact) mass is 529 g/mol. The number of ether oxygens (including phenoxy) is 1. The summed E-state index contributed by atoms with van der Waals surface area (Å²) >= 11 is 1.59. The number of amides is 2. The molecule has 1 aromatic carbocycles. The van der Waals surface area contributed by atoms with E-state index in [2.05, 4.69) is 10.3 Å². The summed E-state index contributed by atoms with van der Waals surface area (Å²) in [6, 6.07) is 7.11. The largest absolute Gasteiger partial charge is 0.460 e. The van der Waals surface area contributed by atoms with Gasteiger partial charge in [-0.25, -0.2) is 4.98 Å². The molecule has 1 fully saturated rings. The highest BCUT2D eigenvalue weighted by Gasteiger charge is 2.44. The van der Waals surface area contributed by atoms with E-state index in [0.717, 1.165) is 21.7 Å². The van der Waals surface area contributed by atoms with Crippen molar-refractivity contribution in [3.8, 4) is 10.4 Å². The summed E-state index contributed by atoms with van der Waals surface area (Å²) in [5.74, 6) is -1.79. The molecule has 2 N–H and O–H groups in total. The molecule has 1 aliphatic heterocycles. The number of rotatable bonds is 7. The molecule has 1 aromatic heterocycles. The van der Waals surface area contributed by atoms with Crippen LogP contribution in [0.2, 0.25) is 0 Å². The fourth-order valence-electron chi connectivity index (χ4n) is 4.48. The van der Waals surface area contributed by atoms with Gasteiger partial charge in [0.1, 0.15) is 11.6 Å². The summed E-state index contributed by atoms with van der Waals surface area (Å²) in [7, 11) is 0. The molecule has 202 valence electrons. The second-order valence-electron chi connectivity index (χ2n) is 11.8. The number of nitrogens with zero attached hydrogens (tertiary/aromatic N) is 2. The van der Waals surface area contributed by atoms with Crippen molar-refractivity contribution in [2.24, 2.45) is 11.3 Å². The van der Waals surface area contributed by atoms with Gasteiger partial charge in [-0.3, -0.25) is 14.4 Å². The third-order valence-electron chi connectivity index (χ3n) is 6.43. The number of β-amino-alcohol motifs (C(OH)–C–C–N with tert-alkyl or cyclic N) is 1. The molecule has 37 heavy (non-hydrogen) atoms. The van der Waals surface area contributed by atoms with E-state index in [1.165, 1.54) is 4.90 Å². The maximum atomic E-state index is 13.6. The lowest BCUT2D eigenvalue weighted by atomic mass is 9.77. The first kappa shape index (κ1) is 28.8. The van der Waals surface area contributed by atoms with Gasteiger partial charge in [0, 0.05) is 19.5 Å². The van der Waals surface area contributed by atoms with Gasteiger partial charge >= 0.3 is 5.97 Å². The first-order valence-corrected chi connectivity index (χ1v) is 13.5. The zero-order chi connectivity index (χ0) is 27.5. The number of thiazole rings is 1. The van der Waals surface area contributed by atoms with E-state index in [1.807, 2.05) is 57.5 Å². The Morgan fingerprint density at radius 2 is 1.81 bits per heavy atom. The van der Waals surface area contributed by atoms with E-state index in [-0.39, 0.29) is 31.2 Å². The SMILES string of the molecule is Cc1ncsc1-c1ccc(CNC(=O)[C@@H]2C[C@@H](O)CN2C(=O)[C@@H](CC(=O)OC(C)(C)C)C(C)(C)C)cc1. The van der Waals surface area contributed by atoms with Crippen LogP contribution in [0.3, 0.4) is 0 Å². The normalized spacial score (nSPS) is 19.0. The van der Waals surface area contributed by atoms with Gasteiger partial charge in [0.05, 0.1) is 34.5 Å². The number of likely N-dealkylation sites (tertiary alicyclic amines) is 1. The van der Waals surface area contributed by atoms with Gasteiger partial charge in [-0.15, -0.1) is 11.3 Å². The molecule has 2 amide bonds. The Labute approximate surface area is 223 Å². The van der Waals surface area contributed by atoms with Crippen LogP contribution in [-0.4, -0.2) is 57.1 Å². The average Bonchev–Trinajstić information content (AvgIpc) is 3.39. The number of carbonyl (C=O) groups excluding carboxylic acids is 3. The van der Waals surface area contributed by atoms with Crippen LogP contribution in [0.4, 0.5) is 0 Å². The molecule has 9 heteroatoms. The molecule has 1 saturated heterocycles. The Balaban J connectivity index is 1.68. The predicted molar refractivity (Wildman–Crippen MR) is 144 cm³/mol. The number of benzene rings is 1. The van der Waals surface area contributed by atoms with Crippen molar-refractivity contribution in [1.29, 1.82) is 0 Å². The first-order valence-electron chi connectivity index (χ1n) is 12.6. The van der Waals surface area contributed by atoms with Gasteiger partial charge in [0.15, 0.2) is 0 Å². The molecule has 0 unspecified atom stereocenters. The molecule has 3 rings (SSSR count). The lowest BCUT2D eigenvalue weighted by Crippen LogP contribution is -2.50. The lowest BCUT2D eigenvalue weighted by Gasteiger charge is -2.35. The molecular weight excluding hydrogens is 490 g/mol. The van der Waals surface area contributed by atoms with Crippen molar-refractivity contribution in [3.05, 3.63) is 41.0 Å². The molecule has 0 spiro atoms. The minimum absolute atomic E-state index is 0.0563. The summed E-state index contributed by atoms with van der Waals surface area (Å²) < 4.78 is 5.46. The number of nitrogens with one attached hydrogen (secondary N) is 1. The third-order valence-corrected chi connectivity index (χ3v) is 7.41. The summed E-state index contributed by atoms with van der Waals surface area (Å²) in [5.41, 5.74) is 3.60. The summed E-state index contributed by atoms with van der Waals surface area (Å²) in [6.45, 7) is 13.3. The quantitative estimate of drug-likeness (QED) is 0.523. The van der Waals surface area contributed by atoms with Gasteiger partial charge in [0.2, 0.25) is 11.8 Å². The van der Waals surface area contributed by atoms with Crippen LogP contribution in [0, 0.1) is 18.3 Å². The minimum atomic E-state index is -0.802. The van der Waals surface area contributed by atoms with E-state index in [4.69, 9.17) is 4.74 Å². The molecular formula is C28H39N3O5S. The van der Waals surface area contributed by atoms with Gasteiger partial charge in [0.25, 0.3) is 0 Å². The third kappa shape index (κ3) is 7.61. The van der Waals surface area contributed by atoms with Gasteiger partial charge in [-0.1, -0.05) is 45.0 Å². The van der Waals surface area contributed by atoms with E-state index >= 15 is 0 Å². The summed E-state index contributed by atoms with van der Waals surface area (Å²) in [4.78, 5) is 46.2. The molecule has 8 nitrogen and oxygen atoms in total. The number of hydrogen-bond acceptors (Lipinski definition) is 7. The van der Waals surface area contributed by atoms with Crippen molar-refractivity contribution in [2.75, 3.05) is 6.54 Å². The molecule has 0 saturated carbocycles. The van der Waals surface area contributed by atoms with Crippen LogP contribution in [-0.2, 0) is 25.7 Å². The van der Waals surface area contributed by atoms with Crippen LogP contribution in [0.5, 0.6) is 0 Å². The molecule has 1 aliphatic rings. The topological polar surface area (TPSA) is 109 Å². The number of aliphatic hydroxyl groups is 1. The van der Waals surface area contributed by atoms with Gasteiger partial charge in [-0.05, 0) is 44.2 Å². The number of aliphatic hydroxyl groups excluding tert-OH is 1. The zero-order valence-electron chi connectivity index (χ0n) is 22.8. The highest BCUT2D eigenvalue weighted by Crippen LogP contribution is 2.34. The maximum absolute atomic E-state index is 13.6. The molecule has 3 atom stereocenters. The van der Waals surface area contributed by atoms with Gasteiger partial charge < -0.3 is 20.1 Å². The number of esters is 1. The van der Waals surface area contributed by atoms with Crippen molar-refractivity contribution in [2.45, 2.75) is 85.6 Å². The second kappa shape index (κ2) is 11.3. The molecule has 2 heterocycles. The average molecular weight is 530 g/mol. The lowest BCUT2D eigenvalue weighted by molar-refractivity contribution is -0.161. The van der Waals surface area contributed by atoms with Crippen LogP contribution >= 0.6 is 11.3 Å². The van der Waals surface area contributed by atoms with Crippen LogP contribution < -0.4 is 5.32 Å². The summed E-state index contributed by atoms with van der Waals surface area (Å²) in [5, 5.41) is 13.3. The standard InChI is InChI=1S/C28H39N3O5S/c1-17-24(37-16-30-17)19-10-8-18(9-11-19)14-29-25(34)22-12-20(32)15-31(22)26(35)21(27(2,3)4)13-23(33)36-28(5,6)7/h8-11,16,20-22,32H,12-15H2,1-7H3,(H,29,34)/t20-,21-,22+/m1/s1. The van der Waals surface area contributed by atoms with Crippen molar-refractivity contribution in [1.82, 2.24) is 15.2 Å². The van der Waals surface area contributed by atoms with Crippen LogP contribution in [0.1, 0.15) is 65.6 Å². The fraction of sp³-hybridized carbons (Fsp3) is 0.571. The molecule has 0 aliphatic carbocycles. The smallest absolute Gasteiger partial charge is 0.307 e. The van der Waals surface area contributed by atoms with E-state index in [0.29, 0.717) is 6.54 Å². The van der Waals surface area contributed by atoms with Crippen LogP contribution in [0.25, 0.3) is 10.4 Å². The number of aromatic nitrogens is 1. The molecule has 0 bridgehead atoms. The Bertz CT molecular complexity index is 1110. The van der Waals surface area contributed by atoms with E-state index in [1.54, 1.807) is 32.1 Å². The number of carbonyl (C=O) groups is 3. The Morgan fingerprint density at radius 3 is 2.35 bits per heavy atom. The zero-order valence-corrected chi connectivity index (χ0v) is 23.6. The predicted octanol–water partition coefficient (Wildman–Crippen LogP) is 4.09. The van der Waals surface area contributed by atoms with E-state index < -0.39 is 35.0 Å². The number of hydrogen-bond donors (Lipinski definition) is 2. The Morgan fingerprint density at radius 1 is 1.16 bits per heavy atom. The van der Waals surface area contributed by atoms with E-state index in [9.17, 15) is 19.5 Å². The van der Waals surface area contributed by atoms with Gasteiger partial charge in [-0.2, -0.15) is 0 Å². The summed E-state index contributed by atoms with van der Waals surface area (Å²) in [6.07, 6.45) is -0.736. The highest BCUT2D eigenvalue weighted by molar-refractivity contribution is 7.13. The van der Waals surface area contributed by atoms with Crippen LogP contribution in [0.15, 0.2) is 29.8 Å². The van der Waals surface area contributed by atoms with Crippen molar-refractivity contribution >= 4 is 29.1 Å². The van der Waals surface area contributed by atoms with Crippen molar-refractivity contribution < 1.29 is 24.2 Å². The second-order valence-corrected chi connectivity index (χ2v) is 12.6. The molecule has 2 aromatic rings. The number of aryl methyl sites for hydroxylation is 1. The minimum Gasteiger partial charge on any atom is -0.460 e. The fourth-order valence-corrected chi connectivity index (χ4v) is 5.29. The Kier molecular flexibility index (Phi) is 8.80. The Hall–Kier alpha value is -2.78. The highest BCUT2D eigenvalue weighted by atomic mass is 32.1. The molecule has 0 radical (unpaired) electrons. The van der Waals surface area contributed by atoms with Crippen molar-refractivity contribution in [3.63, 3.8) is 0 Å². The first-order chi connectivity index (χ1) is 17.2. The maximum Gasteiger partial charge on any atom is 0.307 e.